The standard InChI is InChI=1S/3C7H11NO4S2.3H3N/c3*9-5(10)1-3-8(7(13)14)4-2-6(11)12;;;/h3*1-4H2,(H,9,10)(H,11,12)(H,13,14);3*1H3. The van der Waals surface area contributed by atoms with Crippen molar-refractivity contribution in [2.24, 2.45) is 0 Å². The third-order valence-corrected chi connectivity index (χ3v) is 5.90. The fraction of sp³-hybridized carbons (Fsp3) is 0.571. The number of carboxylic acid groups (broad SMARTS) is 6. The van der Waals surface area contributed by atoms with Crippen molar-refractivity contribution in [2.45, 2.75) is 38.5 Å². The van der Waals surface area contributed by atoms with E-state index in [-0.39, 0.29) is 109 Å². The average molecular weight is 763 g/mol. The van der Waals surface area contributed by atoms with Crippen LogP contribution in [0.5, 0.6) is 0 Å². The number of carbonyl (C=O) groups is 6. The molecule has 0 atom stereocenters. The molecule has 0 aromatic carbocycles. The molecule has 0 aliphatic rings. The van der Waals surface area contributed by atoms with Gasteiger partial charge in [-0.2, -0.15) is 0 Å². The predicted octanol–water partition coefficient (Wildman–Crippen LogP) is 1.34. The Morgan fingerprint density at radius 3 is 0.556 bits per heavy atom. The quantitative estimate of drug-likeness (QED) is 0.0702. The fourth-order valence-corrected chi connectivity index (χ4v) is 3.36. The predicted molar refractivity (Wildman–Crippen MR) is 186 cm³/mol. The third kappa shape index (κ3) is 41.0. The summed E-state index contributed by atoms with van der Waals surface area (Å²) in [6.07, 6.45) is -0.605. The molecular formula is C21H42N6O12S6. The molecule has 24 heteroatoms. The first-order valence-corrected chi connectivity index (χ1v) is 13.9. The van der Waals surface area contributed by atoms with Crippen molar-refractivity contribution in [1.29, 1.82) is 0 Å². The number of nitrogens with zero attached hydrogens (tertiary/aromatic N) is 3. The number of carboxylic acids is 6. The van der Waals surface area contributed by atoms with Gasteiger partial charge in [0, 0.05) is 39.3 Å². The van der Waals surface area contributed by atoms with Gasteiger partial charge in [-0.3, -0.25) is 28.8 Å². The Morgan fingerprint density at radius 2 is 0.489 bits per heavy atom. The van der Waals surface area contributed by atoms with E-state index in [1.54, 1.807) is 0 Å². The van der Waals surface area contributed by atoms with Crippen LogP contribution in [0.25, 0.3) is 0 Å². The Labute approximate surface area is 292 Å². The molecule has 0 saturated carbocycles. The van der Waals surface area contributed by atoms with E-state index in [0.717, 1.165) is 0 Å². The lowest BCUT2D eigenvalue weighted by molar-refractivity contribution is -0.139. The van der Waals surface area contributed by atoms with Gasteiger partial charge in [-0.25, -0.2) is 0 Å². The number of hydrogen-bond acceptors (Lipinski definition) is 12. The summed E-state index contributed by atoms with van der Waals surface area (Å²) < 4.78 is 0.313. The van der Waals surface area contributed by atoms with Crippen LogP contribution >= 0.6 is 36.7 Å². The Hall–Kier alpha value is -2.97. The Balaban J connectivity index is -0.000000123. The van der Waals surface area contributed by atoms with Crippen molar-refractivity contribution >= 4 is 123 Å². The Bertz CT molecular complexity index is 806. The first-order chi connectivity index (χ1) is 19.3. The lowest BCUT2D eigenvalue weighted by Gasteiger charge is -2.26. The third-order valence-electron chi connectivity index (χ3n) is 4.35. The maximum Gasteiger partial charge on any atom is 0.305 e. The maximum absolute atomic E-state index is 10.2. The van der Waals surface area contributed by atoms with E-state index >= 15 is 0 Å². The minimum atomic E-state index is -0.962. The Morgan fingerprint density at radius 1 is 0.378 bits per heavy atom. The summed E-state index contributed by atoms with van der Waals surface area (Å²) in [5.41, 5.74) is 0. The summed E-state index contributed by atoms with van der Waals surface area (Å²) in [4.78, 5) is 65.7. The van der Waals surface area contributed by atoms with Gasteiger partial charge in [0.25, 0.3) is 0 Å². The normalized spacial score (nSPS) is 8.80. The van der Waals surface area contributed by atoms with Gasteiger partial charge in [0.2, 0.25) is 0 Å². The second-order valence-electron chi connectivity index (χ2n) is 7.62. The maximum atomic E-state index is 10.2. The van der Waals surface area contributed by atoms with E-state index in [4.69, 9.17) is 30.6 Å². The van der Waals surface area contributed by atoms with E-state index in [9.17, 15) is 28.8 Å². The second-order valence-corrected chi connectivity index (χ2v) is 10.7. The minimum absolute atomic E-state index is 0. The van der Waals surface area contributed by atoms with Crippen molar-refractivity contribution in [2.75, 3.05) is 39.3 Å². The van der Waals surface area contributed by atoms with Crippen LogP contribution in [0, 0.1) is 0 Å². The van der Waals surface area contributed by atoms with Gasteiger partial charge in [0.05, 0.1) is 38.5 Å². The molecular weight excluding hydrogens is 721 g/mol. The second kappa shape index (κ2) is 32.4. The van der Waals surface area contributed by atoms with Gasteiger partial charge in [-0.15, -0.1) is 0 Å². The Kier molecular flexibility index (Phi) is 39.3. The van der Waals surface area contributed by atoms with Crippen LogP contribution in [-0.2, 0) is 66.7 Å². The molecule has 0 saturated heterocycles. The summed E-state index contributed by atoms with van der Waals surface area (Å²) in [6, 6.07) is 0. The molecule has 18 nitrogen and oxygen atoms in total. The van der Waals surface area contributed by atoms with Gasteiger partial charge < -0.3 is 138 Å². The molecule has 0 radical (unpaired) electrons. The molecule has 0 unspecified atom stereocenters. The molecule has 0 fully saturated rings. The van der Waals surface area contributed by atoms with Crippen LogP contribution in [0.15, 0.2) is 0 Å². The zero-order valence-electron chi connectivity index (χ0n) is 24.9. The summed E-state index contributed by atoms with van der Waals surface area (Å²) in [6.45, 7) is 0.946. The van der Waals surface area contributed by atoms with Gasteiger partial charge >= 0.3 is 35.8 Å². The van der Waals surface area contributed by atoms with Crippen LogP contribution in [0.1, 0.15) is 38.5 Å². The van der Waals surface area contributed by atoms with Crippen molar-refractivity contribution in [3.8, 4) is 0 Å². The summed E-state index contributed by atoms with van der Waals surface area (Å²) in [5, 5.41) is 50.4. The summed E-state index contributed by atoms with van der Waals surface area (Å²) >= 11 is 28.1. The molecule has 18 N–H and O–H groups in total. The van der Waals surface area contributed by atoms with Crippen LogP contribution in [0.2, 0.25) is 0 Å². The number of thiocarbonyl (C=S) groups is 3. The number of rotatable bonds is 18. The van der Waals surface area contributed by atoms with Gasteiger partial charge in [0.15, 0.2) is 0 Å². The number of hydrogen-bond donors (Lipinski definition) is 9. The van der Waals surface area contributed by atoms with Crippen molar-refractivity contribution < 1.29 is 59.4 Å². The smallest absolute Gasteiger partial charge is 0.305 e. The fourth-order valence-electron chi connectivity index (χ4n) is 2.27. The molecule has 0 bridgehead atoms. The molecule has 0 aliphatic heterocycles. The van der Waals surface area contributed by atoms with Gasteiger partial charge in [-0.05, 0) is 0 Å². The minimum Gasteiger partial charge on any atom is -0.481 e. The monoisotopic (exact) mass is 762 g/mol. The molecule has 264 valence electrons. The molecule has 0 aromatic heterocycles. The number of quaternary nitrogens is 3. The van der Waals surface area contributed by atoms with Crippen molar-refractivity contribution in [3.05, 3.63) is 0 Å². The first-order valence-electron chi connectivity index (χ1n) is 11.5. The molecule has 0 aromatic rings. The lowest BCUT2D eigenvalue weighted by Crippen LogP contribution is -2.32. The van der Waals surface area contributed by atoms with Crippen LogP contribution < -0.4 is 18.5 Å². The zero-order chi connectivity index (χ0) is 33.4. The van der Waals surface area contributed by atoms with Gasteiger partial charge in [-0.1, -0.05) is 13.0 Å². The lowest BCUT2D eigenvalue weighted by atomic mass is 10.3. The highest BCUT2D eigenvalue weighted by Gasteiger charge is 2.08. The van der Waals surface area contributed by atoms with Gasteiger partial charge in [0.1, 0.15) is 0 Å². The first kappa shape index (κ1) is 54.5. The van der Waals surface area contributed by atoms with E-state index in [0.29, 0.717) is 0 Å². The zero-order valence-corrected chi connectivity index (χ0v) is 29.8. The van der Waals surface area contributed by atoms with E-state index < -0.39 is 35.8 Å². The molecule has 0 aliphatic carbocycles. The highest BCUT2D eigenvalue weighted by molar-refractivity contribution is 8.00. The van der Waals surface area contributed by atoms with Crippen LogP contribution in [0.4, 0.5) is 0 Å². The molecule has 0 spiro atoms. The molecule has 0 heterocycles. The van der Waals surface area contributed by atoms with Crippen molar-refractivity contribution in [1.82, 2.24) is 33.2 Å². The van der Waals surface area contributed by atoms with E-state index in [1.807, 2.05) is 0 Å². The molecule has 0 amide bonds. The summed E-state index contributed by atoms with van der Waals surface area (Å²) in [5.74, 6) is -5.77. The van der Waals surface area contributed by atoms with E-state index in [2.05, 4.69) is 74.5 Å². The largest absolute Gasteiger partial charge is 0.481 e. The molecule has 45 heavy (non-hydrogen) atoms. The average Bonchev–Trinajstić information content (AvgIpc) is 2.83. The van der Waals surface area contributed by atoms with Crippen molar-refractivity contribution in [3.63, 3.8) is 0 Å². The SMILES string of the molecule is O=C(O)CCN(CCC(=O)O)C(=S)[S-].O=C(O)CCN(CCC(=O)O)C(=S)[S-].O=C(O)CCN(CCC(=O)O)C(=S)[S-].[NH4+].[NH4+].[NH4+]. The summed E-state index contributed by atoms with van der Waals surface area (Å²) in [7, 11) is 0. The number of aliphatic carboxylic acids is 6. The molecule has 0 rings (SSSR count). The van der Waals surface area contributed by atoms with Crippen LogP contribution in [0.3, 0.4) is 0 Å². The highest BCUT2D eigenvalue weighted by atomic mass is 32.1. The topological polar surface area (TPSA) is 343 Å². The highest BCUT2D eigenvalue weighted by Crippen LogP contribution is 1.99. The van der Waals surface area contributed by atoms with E-state index in [1.165, 1.54) is 14.7 Å². The van der Waals surface area contributed by atoms with Crippen LogP contribution in [-0.4, -0.2) is 133 Å².